The molecule has 0 fully saturated rings. The van der Waals surface area contributed by atoms with Gasteiger partial charge in [-0.25, -0.2) is 14.4 Å². The first kappa shape index (κ1) is 19.7. The van der Waals surface area contributed by atoms with Crippen LogP contribution < -0.4 is 5.32 Å². The largest absolute Gasteiger partial charge is 0.346 e. The molecule has 1 unspecified atom stereocenters. The molecule has 168 valence electrons. The Hall–Kier alpha value is -4.78. The summed E-state index contributed by atoms with van der Waals surface area (Å²) in [7, 11) is 0. The van der Waals surface area contributed by atoms with Crippen LogP contribution >= 0.6 is 0 Å². The number of H-pyrrole nitrogens is 2. The fraction of sp³-hybridized carbons (Fsp3) is 0.0357. The summed E-state index contributed by atoms with van der Waals surface area (Å²) < 4.78 is 13.8. The van der Waals surface area contributed by atoms with E-state index in [9.17, 15) is 9.18 Å². The second kappa shape index (κ2) is 7.36. The van der Waals surface area contributed by atoms with Crippen LogP contribution in [-0.2, 0) is 0 Å². The fourth-order valence-electron chi connectivity index (χ4n) is 5.09. The van der Waals surface area contributed by atoms with Crippen LogP contribution in [-0.4, -0.2) is 25.8 Å². The van der Waals surface area contributed by atoms with E-state index in [0.29, 0.717) is 28.1 Å². The Bertz CT molecular complexity index is 1780. The summed E-state index contributed by atoms with van der Waals surface area (Å²) >= 11 is 0. The summed E-state index contributed by atoms with van der Waals surface area (Å²) in [5.74, 6) is 0.174. The van der Waals surface area contributed by atoms with E-state index < -0.39 is 0 Å². The van der Waals surface area contributed by atoms with Gasteiger partial charge in [-0.1, -0.05) is 42.5 Å². The molecule has 35 heavy (non-hydrogen) atoms. The average molecular weight is 459 g/mol. The van der Waals surface area contributed by atoms with Crippen LogP contribution in [0.5, 0.6) is 0 Å². The lowest BCUT2D eigenvalue weighted by atomic mass is 9.98. The van der Waals surface area contributed by atoms with Gasteiger partial charge in [-0.05, 0) is 52.6 Å². The third kappa shape index (κ3) is 2.98. The molecule has 0 saturated carbocycles. The highest BCUT2D eigenvalue weighted by atomic mass is 19.1. The van der Waals surface area contributed by atoms with Crippen LogP contribution in [0.4, 0.5) is 4.39 Å². The number of aromatic nitrogens is 4. The summed E-state index contributed by atoms with van der Waals surface area (Å²) in [4.78, 5) is 28.8. The fourth-order valence-corrected chi connectivity index (χ4v) is 5.09. The highest BCUT2D eigenvalue weighted by Gasteiger charge is 2.32. The van der Waals surface area contributed by atoms with Crippen LogP contribution in [0.3, 0.4) is 0 Å². The van der Waals surface area contributed by atoms with Crippen molar-refractivity contribution in [3.63, 3.8) is 0 Å². The number of benzene rings is 3. The van der Waals surface area contributed by atoms with Crippen molar-refractivity contribution < 1.29 is 9.18 Å². The van der Waals surface area contributed by atoms with Crippen molar-refractivity contribution in [2.75, 3.05) is 0 Å². The molecule has 7 rings (SSSR count). The summed E-state index contributed by atoms with van der Waals surface area (Å²) in [5.41, 5.74) is 7.54. The molecule has 7 heteroatoms. The second-order valence-electron chi connectivity index (χ2n) is 8.61. The Kier molecular flexibility index (Phi) is 4.14. The highest BCUT2D eigenvalue weighted by molar-refractivity contribution is 6.06. The predicted octanol–water partition coefficient (Wildman–Crippen LogP) is 5.75. The van der Waals surface area contributed by atoms with Gasteiger partial charge in [-0.15, -0.1) is 0 Å². The number of carbonyl (C=O) groups excluding carboxylic acids is 1. The first-order chi connectivity index (χ1) is 17.2. The SMILES string of the molecule is O=C(NC1c2ccccc2-c2c(-c3nc4ccc(F)cc4[nH]3)cccc21)c1ccnc2[nH]ccc12. The minimum Gasteiger partial charge on any atom is -0.346 e. The third-order valence-corrected chi connectivity index (χ3v) is 6.63. The number of carbonyl (C=O) groups is 1. The van der Waals surface area contributed by atoms with Gasteiger partial charge in [0.2, 0.25) is 0 Å². The van der Waals surface area contributed by atoms with Gasteiger partial charge in [0.15, 0.2) is 0 Å². The number of halogens is 1. The van der Waals surface area contributed by atoms with E-state index in [1.54, 1.807) is 24.5 Å². The molecule has 1 amide bonds. The monoisotopic (exact) mass is 459 g/mol. The van der Waals surface area contributed by atoms with Gasteiger partial charge in [0.05, 0.1) is 22.6 Å². The molecule has 0 bridgehead atoms. The number of amides is 1. The standard InChI is InChI=1S/C28H18FN5O/c29-15-8-9-22-23(14-15)33-27(32-22)21-7-3-6-20-24(21)16-4-1-2-5-17(16)25(20)34-28(35)19-11-13-31-26-18(19)10-12-30-26/h1-14,25H,(H,30,31)(H,32,33)(H,34,35). The molecule has 3 aromatic carbocycles. The smallest absolute Gasteiger partial charge is 0.252 e. The molecular formula is C28H18FN5O. The minimum atomic E-state index is -0.322. The Balaban J connectivity index is 1.36. The van der Waals surface area contributed by atoms with Gasteiger partial charge >= 0.3 is 0 Å². The van der Waals surface area contributed by atoms with Gasteiger partial charge in [0.1, 0.15) is 17.3 Å². The Morgan fingerprint density at radius 2 is 1.80 bits per heavy atom. The first-order valence-electron chi connectivity index (χ1n) is 11.3. The molecular weight excluding hydrogens is 441 g/mol. The molecule has 0 spiro atoms. The number of nitrogens with zero attached hydrogens (tertiary/aromatic N) is 2. The molecule has 3 heterocycles. The molecule has 6 nitrogen and oxygen atoms in total. The molecule has 3 N–H and O–H groups in total. The maximum Gasteiger partial charge on any atom is 0.252 e. The number of fused-ring (bicyclic) bond motifs is 5. The average Bonchev–Trinajstić information content (AvgIpc) is 3.60. The molecule has 1 atom stereocenters. The van der Waals surface area contributed by atoms with Gasteiger partial charge in [-0.2, -0.15) is 0 Å². The summed E-state index contributed by atoms with van der Waals surface area (Å²) in [6.07, 6.45) is 3.41. The number of hydrogen-bond acceptors (Lipinski definition) is 3. The quantitative estimate of drug-likeness (QED) is 0.315. The van der Waals surface area contributed by atoms with Gasteiger partial charge in [0, 0.05) is 23.3 Å². The van der Waals surface area contributed by atoms with E-state index in [4.69, 9.17) is 4.98 Å². The third-order valence-electron chi connectivity index (χ3n) is 6.63. The van der Waals surface area contributed by atoms with E-state index in [1.165, 1.54) is 12.1 Å². The number of hydrogen-bond donors (Lipinski definition) is 3. The molecule has 6 aromatic rings. The lowest BCUT2D eigenvalue weighted by Crippen LogP contribution is -2.28. The van der Waals surface area contributed by atoms with Crippen molar-refractivity contribution >= 4 is 28.0 Å². The van der Waals surface area contributed by atoms with E-state index in [1.807, 2.05) is 42.5 Å². The highest BCUT2D eigenvalue weighted by Crippen LogP contribution is 2.47. The zero-order valence-corrected chi connectivity index (χ0v) is 18.3. The van der Waals surface area contributed by atoms with Crippen LogP contribution in [0.1, 0.15) is 27.5 Å². The maximum atomic E-state index is 13.8. The second-order valence-corrected chi connectivity index (χ2v) is 8.61. The number of pyridine rings is 1. The van der Waals surface area contributed by atoms with Crippen molar-refractivity contribution in [1.82, 2.24) is 25.3 Å². The van der Waals surface area contributed by atoms with Gasteiger partial charge in [-0.3, -0.25) is 4.79 Å². The molecule has 0 aliphatic heterocycles. The summed E-state index contributed by atoms with van der Waals surface area (Å²) in [5, 5.41) is 4.02. The molecule has 1 aliphatic rings. The van der Waals surface area contributed by atoms with Crippen molar-refractivity contribution in [1.29, 1.82) is 0 Å². The number of nitrogens with one attached hydrogen (secondary N) is 3. The molecule has 3 aromatic heterocycles. The van der Waals surface area contributed by atoms with Crippen molar-refractivity contribution in [2.45, 2.75) is 6.04 Å². The Morgan fingerprint density at radius 1 is 0.943 bits per heavy atom. The maximum absolute atomic E-state index is 13.8. The van der Waals surface area contributed by atoms with Crippen LogP contribution in [0.15, 0.2) is 85.2 Å². The van der Waals surface area contributed by atoms with E-state index in [-0.39, 0.29) is 17.8 Å². The number of aromatic amines is 2. The zero-order chi connectivity index (χ0) is 23.5. The topological polar surface area (TPSA) is 86.5 Å². The van der Waals surface area contributed by atoms with Crippen molar-refractivity contribution in [3.05, 3.63) is 108 Å². The lowest BCUT2D eigenvalue weighted by Gasteiger charge is -2.16. The van der Waals surface area contributed by atoms with Crippen molar-refractivity contribution in [2.24, 2.45) is 0 Å². The zero-order valence-electron chi connectivity index (χ0n) is 18.3. The Morgan fingerprint density at radius 3 is 2.74 bits per heavy atom. The van der Waals surface area contributed by atoms with Crippen LogP contribution in [0.2, 0.25) is 0 Å². The summed E-state index contributed by atoms with van der Waals surface area (Å²) in [6.45, 7) is 0. The molecule has 0 saturated heterocycles. The van der Waals surface area contributed by atoms with Crippen LogP contribution in [0.25, 0.3) is 44.6 Å². The molecule has 1 aliphatic carbocycles. The first-order valence-corrected chi connectivity index (χ1v) is 11.3. The minimum absolute atomic E-state index is 0.172. The normalized spacial score (nSPS) is 14.3. The Labute approximate surface area is 198 Å². The summed E-state index contributed by atoms with van der Waals surface area (Å²) in [6, 6.07) is 21.8. The predicted molar refractivity (Wildman–Crippen MR) is 132 cm³/mol. The van der Waals surface area contributed by atoms with Crippen molar-refractivity contribution in [3.8, 4) is 22.5 Å². The van der Waals surface area contributed by atoms with E-state index in [2.05, 4.69) is 26.3 Å². The van der Waals surface area contributed by atoms with Crippen LogP contribution in [0, 0.1) is 5.82 Å². The molecule has 0 radical (unpaired) electrons. The van der Waals surface area contributed by atoms with Gasteiger partial charge < -0.3 is 15.3 Å². The van der Waals surface area contributed by atoms with E-state index >= 15 is 0 Å². The van der Waals surface area contributed by atoms with E-state index in [0.717, 1.165) is 33.2 Å². The van der Waals surface area contributed by atoms with Gasteiger partial charge in [0.25, 0.3) is 5.91 Å². The lowest BCUT2D eigenvalue weighted by molar-refractivity contribution is 0.0945. The number of imidazole rings is 1. The number of rotatable bonds is 3.